The lowest BCUT2D eigenvalue weighted by Gasteiger charge is -2.23. The second kappa shape index (κ2) is 7.93. The monoisotopic (exact) mass is 423 g/mol. The number of ketones is 1. The number of carbonyl (C=O) groups excluding carboxylic acids is 2. The highest BCUT2D eigenvalue weighted by Crippen LogP contribution is 2.44. The Morgan fingerprint density at radius 2 is 1.83 bits per heavy atom. The summed E-state index contributed by atoms with van der Waals surface area (Å²) >= 11 is 1.30. The summed E-state index contributed by atoms with van der Waals surface area (Å²) in [5.41, 5.74) is -0.0439. The lowest BCUT2D eigenvalue weighted by atomic mass is 9.89. The topological polar surface area (TPSA) is 76.1 Å². The maximum atomic E-state index is 13.3. The molecule has 1 N–H and O–H groups in total. The molecular weight excluding hydrogens is 402 g/mol. The van der Waals surface area contributed by atoms with Crippen LogP contribution in [0.3, 0.4) is 0 Å². The average molecular weight is 423 g/mol. The molecule has 0 radical (unpaired) electrons. The van der Waals surface area contributed by atoms with Crippen molar-refractivity contribution in [2.24, 2.45) is 0 Å². The zero-order valence-corrected chi connectivity index (χ0v) is 17.4. The Bertz CT molecular complexity index is 1090. The quantitative estimate of drug-likeness (QED) is 0.586. The summed E-state index contributed by atoms with van der Waals surface area (Å²) in [7, 11) is 3.11. The molecule has 1 aromatic heterocycles. The number of hydrogen-bond acceptors (Lipinski definition) is 6. The lowest BCUT2D eigenvalue weighted by molar-refractivity contribution is -0.136. The molecule has 0 aliphatic carbocycles. The summed E-state index contributed by atoms with van der Waals surface area (Å²) in [6.07, 6.45) is -0.300. The zero-order valence-electron chi connectivity index (χ0n) is 16.6. The van der Waals surface area contributed by atoms with Crippen molar-refractivity contribution >= 4 is 28.7 Å². The molecule has 2 heterocycles. The normalized spacial score (nSPS) is 17.7. The van der Waals surface area contributed by atoms with Crippen LogP contribution in [-0.4, -0.2) is 31.0 Å². The Balaban J connectivity index is 1.67. The van der Waals surface area contributed by atoms with Gasteiger partial charge >= 0.3 is 0 Å². The van der Waals surface area contributed by atoms with Crippen LogP contribution in [0, 0.1) is 0 Å². The number of ether oxygens (including phenoxy) is 2. The second-order valence-corrected chi connectivity index (χ2v) is 7.98. The highest BCUT2D eigenvalue weighted by atomic mass is 32.1. The standard InChI is InChI=1S/C23H21NO5S/c1-28-19-10-9-15(12-20(19)29-2)14-24-17-7-4-3-6-16(17)23(27,22(24)26)13-18(25)21-8-5-11-30-21/h3-12,27H,13-14H2,1-2H3/t23-/m1/s1. The number of aliphatic hydroxyl groups is 1. The van der Waals surface area contributed by atoms with Gasteiger partial charge in [-0.3, -0.25) is 9.59 Å². The number of thiophene rings is 1. The third-order valence-electron chi connectivity index (χ3n) is 5.24. The molecule has 3 aromatic rings. The largest absolute Gasteiger partial charge is 0.493 e. The summed E-state index contributed by atoms with van der Waals surface area (Å²) in [5.74, 6) is 0.373. The van der Waals surface area contributed by atoms with Crippen molar-refractivity contribution in [3.8, 4) is 11.5 Å². The maximum Gasteiger partial charge on any atom is 0.264 e. The smallest absolute Gasteiger partial charge is 0.264 e. The Hall–Kier alpha value is -3.16. The molecule has 0 bridgehead atoms. The van der Waals surface area contributed by atoms with Gasteiger partial charge in [0.1, 0.15) is 0 Å². The summed E-state index contributed by atoms with van der Waals surface area (Å²) in [6.45, 7) is 0.228. The van der Waals surface area contributed by atoms with Crippen molar-refractivity contribution in [1.29, 1.82) is 0 Å². The van der Waals surface area contributed by atoms with E-state index >= 15 is 0 Å². The minimum atomic E-state index is -1.89. The number of benzene rings is 2. The Kier molecular flexibility index (Phi) is 5.32. The lowest BCUT2D eigenvalue weighted by Crippen LogP contribution is -2.41. The first-order valence-corrected chi connectivity index (χ1v) is 10.3. The molecule has 2 aromatic carbocycles. The summed E-state index contributed by atoms with van der Waals surface area (Å²) < 4.78 is 10.6. The zero-order chi connectivity index (χ0) is 21.3. The van der Waals surface area contributed by atoms with Crippen molar-refractivity contribution in [3.63, 3.8) is 0 Å². The predicted molar refractivity (Wildman–Crippen MR) is 114 cm³/mol. The molecule has 0 fully saturated rings. The molecule has 1 atom stereocenters. The van der Waals surface area contributed by atoms with E-state index in [-0.39, 0.29) is 18.7 Å². The van der Waals surface area contributed by atoms with Gasteiger partial charge in [-0.25, -0.2) is 0 Å². The number of para-hydroxylation sites is 1. The first-order chi connectivity index (χ1) is 14.5. The molecule has 1 aliphatic heterocycles. The average Bonchev–Trinajstić information content (AvgIpc) is 3.37. The van der Waals surface area contributed by atoms with Crippen LogP contribution < -0.4 is 14.4 Å². The molecule has 7 heteroatoms. The highest BCUT2D eigenvalue weighted by Gasteiger charge is 2.50. The van der Waals surface area contributed by atoms with Gasteiger partial charge in [0.2, 0.25) is 0 Å². The molecule has 4 rings (SSSR count). The van der Waals surface area contributed by atoms with E-state index in [0.29, 0.717) is 27.6 Å². The van der Waals surface area contributed by atoms with E-state index in [2.05, 4.69) is 0 Å². The fourth-order valence-corrected chi connectivity index (χ4v) is 4.42. The molecule has 0 unspecified atom stereocenters. The van der Waals surface area contributed by atoms with E-state index in [1.807, 2.05) is 6.07 Å². The minimum absolute atomic E-state index is 0.228. The van der Waals surface area contributed by atoms with Crippen molar-refractivity contribution in [2.75, 3.05) is 19.1 Å². The van der Waals surface area contributed by atoms with Gasteiger partial charge in [0.25, 0.3) is 5.91 Å². The summed E-state index contributed by atoms with van der Waals surface area (Å²) in [4.78, 5) is 28.1. The Morgan fingerprint density at radius 3 is 2.53 bits per heavy atom. The number of nitrogens with zero attached hydrogens (tertiary/aromatic N) is 1. The number of fused-ring (bicyclic) bond motifs is 1. The van der Waals surface area contributed by atoms with Gasteiger partial charge in [0, 0.05) is 5.56 Å². The highest BCUT2D eigenvalue weighted by molar-refractivity contribution is 7.12. The number of methoxy groups -OCH3 is 2. The van der Waals surface area contributed by atoms with Crippen molar-refractivity contribution in [2.45, 2.75) is 18.6 Å². The second-order valence-electron chi connectivity index (χ2n) is 7.04. The van der Waals surface area contributed by atoms with Gasteiger partial charge in [0.05, 0.1) is 37.7 Å². The number of hydrogen-bond donors (Lipinski definition) is 1. The predicted octanol–water partition coefficient (Wildman–Crippen LogP) is 3.77. The van der Waals surface area contributed by atoms with E-state index in [1.165, 1.54) is 16.2 Å². The molecule has 154 valence electrons. The van der Waals surface area contributed by atoms with Crippen molar-refractivity contribution < 1.29 is 24.2 Å². The SMILES string of the molecule is COc1ccc(CN2C(=O)[C@@](O)(CC(=O)c3cccs3)c3ccccc32)cc1OC. The number of anilines is 1. The van der Waals surface area contributed by atoms with Crippen LogP contribution in [0.15, 0.2) is 60.0 Å². The van der Waals surface area contributed by atoms with Gasteiger partial charge in [-0.2, -0.15) is 0 Å². The van der Waals surface area contributed by atoms with Gasteiger partial charge in [-0.05, 0) is 35.2 Å². The van der Waals surface area contributed by atoms with Gasteiger partial charge in [-0.1, -0.05) is 30.3 Å². The van der Waals surface area contributed by atoms with E-state index in [1.54, 1.807) is 68.1 Å². The summed E-state index contributed by atoms with van der Waals surface area (Å²) in [5, 5.41) is 13.2. The van der Waals surface area contributed by atoms with Gasteiger partial charge in [-0.15, -0.1) is 11.3 Å². The number of Topliss-reactive ketones (excluding diaryl/α,β-unsaturated/α-hetero) is 1. The van der Waals surface area contributed by atoms with Crippen molar-refractivity contribution in [3.05, 3.63) is 76.0 Å². The molecule has 6 nitrogen and oxygen atoms in total. The number of carbonyl (C=O) groups is 2. The van der Waals surface area contributed by atoms with Crippen LogP contribution in [0.5, 0.6) is 11.5 Å². The van der Waals surface area contributed by atoms with E-state index in [0.717, 1.165) is 5.56 Å². The minimum Gasteiger partial charge on any atom is -0.493 e. The van der Waals surface area contributed by atoms with Crippen LogP contribution in [0.25, 0.3) is 0 Å². The third kappa shape index (κ3) is 3.36. The Labute approximate surface area is 178 Å². The van der Waals surface area contributed by atoms with Crippen LogP contribution >= 0.6 is 11.3 Å². The Morgan fingerprint density at radius 1 is 1.07 bits per heavy atom. The van der Waals surface area contributed by atoms with Crippen LogP contribution in [-0.2, 0) is 16.9 Å². The van der Waals surface area contributed by atoms with E-state index in [4.69, 9.17) is 9.47 Å². The van der Waals surface area contributed by atoms with Crippen LogP contribution in [0.1, 0.15) is 27.2 Å². The number of rotatable bonds is 7. The molecule has 0 saturated heterocycles. The third-order valence-corrected chi connectivity index (χ3v) is 6.15. The first-order valence-electron chi connectivity index (χ1n) is 9.39. The van der Waals surface area contributed by atoms with E-state index in [9.17, 15) is 14.7 Å². The molecule has 1 amide bonds. The molecule has 0 saturated carbocycles. The molecule has 1 aliphatic rings. The van der Waals surface area contributed by atoms with E-state index < -0.39 is 11.5 Å². The summed E-state index contributed by atoms with van der Waals surface area (Å²) in [6, 6.07) is 15.9. The molecular formula is C23H21NO5S. The first kappa shape index (κ1) is 20.1. The van der Waals surface area contributed by atoms with Crippen molar-refractivity contribution in [1.82, 2.24) is 0 Å². The van der Waals surface area contributed by atoms with Gasteiger partial charge in [0.15, 0.2) is 22.9 Å². The molecule has 30 heavy (non-hydrogen) atoms. The number of amides is 1. The fraction of sp³-hybridized carbons (Fsp3) is 0.217. The maximum absolute atomic E-state index is 13.3. The fourth-order valence-electron chi connectivity index (χ4n) is 3.75. The van der Waals surface area contributed by atoms with Crippen LogP contribution in [0.2, 0.25) is 0 Å². The van der Waals surface area contributed by atoms with Crippen LogP contribution in [0.4, 0.5) is 5.69 Å². The van der Waals surface area contributed by atoms with Gasteiger partial charge < -0.3 is 19.5 Å². The molecule has 0 spiro atoms.